The number of hydrogen-bond acceptors (Lipinski definition) is 7. The molecule has 0 spiro atoms. The highest BCUT2D eigenvalue weighted by Crippen LogP contribution is 2.22. The first-order valence-electron chi connectivity index (χ1n) is 15.2. The molecule has 9 nitrogen and oxygen atoms in total. The lowest BCUT2D eigenvalue weighted by Gasteiger charge is -2.30. The van der Waals surface area contributed by atoms with Crippen LogP contribution in [0.4, 0.5) is 4.79 Å². The number of amides is 2. The molecule has 0 unspecified atom stereocenters. The Kier molecular flexibility index (Phi) is 10.3. The van der Waals surface area contributed by atoms with E-state index in [9.17, 15) is 19.2 Å². The van der Waals surface area contributed by atoms with Crippen LogP contribution in [0.3, 0.4) is 0 Å². The zero-order valence-electron chi connectivity index (χ0n) is 26.8. The predicted molar refractivity (Wildman–Crippen MR) is 171 cm³/mol. The van der Waals surface area contributed by atoms with Gasteiger partial charge in [-0.2, -0.15) is 0 Å². The lowest BCUT2D eigenvalue weighted by atomic mass is 10.0. The number of rotatable bonds is 7. The molecule has 4 rings (SSSR count). The Morgan fingerprint density at radius 2 is 1.31 bits per heavy atom. The molecular weight excluding hydrogens is 572 g/mol. The molecule has 1 heterocycles. The minimum absolute atomic E-state index is 0.0916. The van der Waals surface area contributed by atoms with Crippen LogP contribution in [0.25, 0.3) is 0 Å². The number of benzene rings is 3. The third kappa shape index (κ3) is 9.66. The van der Waals surface area contributed by atoms with Crippen molar-refractivity contribution in [1.29, 1.82) is 0 Å². The molecule has 3 aromatic rings. The average Bonchev–Trinajstić information content (AvgIpc) is 3.18. The number of likely N-dealkylation sites (tertiary alicyclic amines) is 1. The molecule has 1 fully saturated rings. The third-order valence-corrected chi connectivity index (χ3v) is 6.97. The summed E-state index contributed by atoms with van der Waals surface area (Å²) in [5, 5.41) is 2.99. The highest BCUT2D eigenvalue weighted by Gasteiger charge is 2.35. The topological polar surface area (TPSA) is 111 Å². The van der Waals surface area contributed by atoms with Crippen molar-refractivity contribution in [3.63, 3.8) is 0 Å². The normalized spacial score (nSPS) is 17.1. The lowest BCUT2D eigenvalue weighted by Crippen LogP contribution is -2.51. The molecular formula is C36H42N2O7. The van der Waals surface area contributed by atoms with E-state index in [4.69, 9.17) is 14.2 Å². The van der Waals surface area contributed by atoms with Crippen molar-refractivity contribution in [2.45, 2.75) is 77.7 Å². The van der Waals surface area contributed by atoms with Gasteiger partial charge in [-0.3, -0.25) is 9.59 Å². The maximum absolute atomic E-state index is 13.4. The fraction of sp³-hybridized carbons (Fsp3) is 0.389. The number of ketones is 1. The van der Waals surface area contributed by atoms with Gasteiger partial charge in [-0.1, -0.05) is 42.5 Å². The predicted octanol–water partition coefficient (Wildman–Crippen LogP) is 6.45. The van der Waals surface area contributed by atoms with Gasteiger partial charge in [0.2, 0.25) is 0 Å². The SMILES string of the molecule is CC(C)(C)OC(=O)N1CCC[C@@H](OC(=O)c2ccc(C(=O)c3ccccc3)cc2)[C@H](NC(=O)c2ccc(OC(C)(C)C)cc2)C1. The molecule has 0 radical (unpaired) electrons. The number of nitrogens with one attached hydrogen (secondary N) is 1. The maximum atomic E-state index is 13.4. The first-order valence-corrected chi connectivity index (χ1v) is 15.2. The number of hydrogen-bond donors (Lipinski definition) is 1. The standard InChI is InChI=1S/C36H42N2O7/c1-35(2,3)44-28-20-18-26(19-21-28)32(40)37-29-23-38(34(42)45-36(4,5)6)22-10-13-30(29)43-33(41)27-16-14-25(15-17-27)31(39)24-11-8-7-9-12-24/h7-9,11-12,14-21,29-30H,10,13,22-23H2,1-6H3,(H,37,40)/t29-,30-/m1/s1. The second kappa shape index (κ2) is 14.0. The molecule has 2 amide bonds. The largest absolute Gasteiger partial charge is 0.488 e. The zero-order valence-corrected chi connectivity index (χ0v) is 26.8. The number of nitrogens with zero attached hydrogens (tertiary/aromatic N) is 1. The molecule has 1 aliphatic heterocycles. The van der Waals surface area contributed by atoms with Gasteiger partial charge in [0.15, 0.2) is 5.78 Å². The van der Waals surface area contributed by atoms with Gasteiger partial charge in [-0.15, -0.1) is 0 Å². The summed E-state index contributed by atoms with van der Waals surface area (Å²) in [6.45, 7) is 11.7. The Morgan fingerprint density at radius 1 is 0.733 bits per heavy atom. The Balaban J connectivity index is 1.51. The van der Waals surface area contributed by atoms with Crippen molar-refractivity contribution < 1.29 is 33.4 Å². The van der Waals surface area contributed by atoms with Crippen molar-refractivity contribution in [1.82, 2.24) is 10.2 Å². The van der Waals surface area contributed by atoms with E-state index in [2.05, 4.69) is 5.32 Å². The fourth-order valence-electron chi connectivity index (χ4n) is 4.90. The third-order valence-electron chi connectivity index (χ3n) is 6.97. The van der Waals surface area contributed by atoms with E-state index in [0.717, 1.165) is 0 Å². The Labute approximate surface area is 264 Å². The van der Waals surface area contributed by atoms with Gasteiger partial charge in [-0.05, 0) is 90.8 Å². The summed E-state index contributed by atoms with van der Waals surface area (Å²) in [6, 6.07) is 21.3. The molecule has 0 saturated carbocycles. The van der Waals surface area contributed by atoms with Crippen molar-refractivity contribution in [3.05, 3.63) is 101 Å². The summed E-state index contributed by atoms with van der Waals surface area (Å²) in [7, 11) is 0. The summed E-state index contributed by atoms with van der Waals surface area (Å²) < 4.78 is 17.4. The van der Waals surface area contributed by atoms with Crippen LogP contribution in [0.5, 0.6) is 5.75 Å². The Morgan fingerprint density at radius 3 is 1.91 bits per heavy atom. The van der Waals surface area contributed by atoms with Gasteiger partial charge in [0.1, 0.15) is 23.1 Å². The van der Waals surface area contributed by atoms with E-state index in [1.54, 1.807) is 93.6 Å². The maximum Gasteiger partial charge on any atom is 0.410 e. The summed E-state index contributed by atoms with van der Waals surface area (Å²) in [5.41, 5.74) is 0.587. The van der Waals surface area contributed by atoms with Crippen LogP contribution in [0.15, 0.2) is 78.9 Å². The average molecular weight is 615 g/mol. The minimum Gasteiger partial charge on any atom is -0.488 e. The number of carbonyl (C=O) groups is 4. The van der Waals surface area contributed by atoms with Gasteiger partial charge < -0.3 is 24.4 Å². The van der Waals surface area contributed by atoms with Crippen molar-refractivity contribution in [3.8, 4) is 5.75 Å². The van der Waals surface area contributed by atoms with Crippen molar-refractivity contribution >= 4 is 23.8 Å². The van der Waals surface area contributed by atoms with Crippen molar-refractivity contribution in [2.24, 2.45) is 0 Å². The van der Waals surface area contributed by atoms with Gasteiger partial charge in [0, 0.05) is 29.8 Å². The molecule has 1 saturated heterocycles. The highest BCUT2D eigenvalue weighted by molar-refractivity contribution is 6.09. The molecule has 1 aliphatic rings. The van der Waals surface area contributed by atoms with Crippen LogP contribution in [-0.2, 0) is 9.47 Å². The lowest BCUT2D eigenvalue weighted by molar-refractivity contribution is 0.0127. The summed E-state index contributed by atoms with van der Waals surface area (Å²) in [6.07, 6.45) is -0.273. The van der Waals surface area contributed by atoms with Crippen LogP contribution < -0.4 is 10.1 Å². The zero-order chi connectivity index (χ0) is 32.8. The minimum atomic E-state index is -0.719. The smallest absolute Gasteiger partial charge is 0.410 e. The molecule has 0 aliphatic carbocycles. The van der Waals surface area contributed by atoms with E-state index in [1.807, 2.05) is 26.8 Å². The second-order valence-corrected chi connectivity index (χ2v) is 13.1. The summed E-state index contributed by atoms with van der Waals surface area (Å²) in [4.78, 5) is 54.0. The molecule has 238 valence electrons. The molecule has 45 heavy (non-hydrogen) atoms. The van der Waals surface area contributed by atoms with Gasteiger partial charge in [0.05, 0.1) is 11.6 Å². The van der Waals surface area contributed by atoms with Crippen LogP contribution in [0.1, 0.15) is 91.0 Å². The molecule has 0 aromatic heterocycles. The molecule has 2 atom stereocenters. The molecule has 9 heteroatoms. The number of carbonyl (C=O) groups excluding carboxylic acids is 4. The quantitative estimate of drug-likeness (QED) is 0.241. The number of esters is 1. The highest BCUT2D eigenvalue weighted by atomic mass is 16.6. The molecule has 3 aromatic carbocycles. The molecule has 1 N–H and O–H groups in total. The van der Waals surface area contributed by atoms with Crippen LogP contribution in [-0.4, -0.2) is 65.1 Å². The van der Waals surface area contributed by atoms with E-state index >= 15 is 0 Å². The number of ether oxygens (including phenoxy) is 3. The van der Waals surface area contributed by atoms with Gasteiger partial charge in [-0.25, -0.2) is 9.59 Å². The fourth-order valence-corrected chi connectivity index (χ4v) is 4.90. The van der Waals surface area contributed by atoms with Crippen LogP contribution in [0, 0.1) is 0 Å². The van der Waals surface area contributed by atoms with Gasteiger partial charge in [0.25, 0.3) is 5.91 Å². The monoisotopic (exact) mass is 614 g/mol. The Bertz CT molecular complexity index is 1490. The van der Waals surface area contributed by atoms with E-state index in [1.165, 1.54) is 4.90 Å². The summed E-state index contributed by atoms with van der Waals surface area (Å²) in [5.74, 6) is -0.485. The van der Waals surface area contributed by atoms with Crippen molar-refractivity contribution in [2.75, 3.05) is 13.1 Å². The van der Waals surface area contributed by atoms with Crippen LogP contribution in [0.2, 0.25) is 0 Å². The van der Waals surface area contributed by atoms with Crippen LogP contribution >= 0.6 is 0 Å². The first kappa shape index (κ1) is 33.2. The van der Waals surface area contributed by atoms with E-state index < -0.39 is 29.8 Å². The Hall–Kier alpha value is -4.66. The summed E-state index contributed by atoms with van der Waals surface area (Å²) >= 11 is 0. The van der Waals surface area contributed by atoms with E-state index in [0.29, 0.717) is 41.8 Å². The second-order valence-electron chi connectivity index (χ2n) is 13.1. The van der Waals surface area contributed by atoms with Gasteiger partial charge >= 0.3 is 12.1 Å². The van der Waals surface area contributed by atoms with E-state index in [-0.39, 0.29) is 29.4 Å². The first-order chi connectivity index (χ1) is 21.2. The molecule has 0 bridgehead atoms.